The van der Waals surface area contributed by atoms with Gasteiger partial charge in [-0.05, 0) is 0 Å². The average molecular weight is 558 g/mol. The molecule has 33 heavy (non-hydrogen) atoms. The summed E-state index contributed by atoms with van der Waals surface area (Å²) < 4.78 is 12.1. The fourth-order valence-electron chi connectivity index (χ4n) is 4.85. The molecular formula is C30H49NOSn. The second-order valence-electron chi connectivity index (χ2n) is 9.81. The topological polar surface area (TPSA) is 22.1 Å². The molecule has 0 atom stereocenters. The number of rotatable bonds is 18. The van der Waals surface area contributed by atoms with Gasteiger partial charge in [0, 0.05) is 0 Å². The third kappa shape index (κ3) is 9.62. The van der Waals surface area contributed by atoms with Crippen molar-refractivity contribution in [2.45, 2.75) is 112 Å². The van der Waals surface area contributed by atoms with Crippen LogP contribution in [0.4, 0.5) is 0 Å². The van der Waals surface area contributed by atoms with Crippen molar-refractivity contribution >= 4 is 22.0 Å². The number of hydrogen-bond acceptors (Lipinski definition) is 2. The van der Waals surface area contributed by atoms with Gasteiger partial charge in [-0.2, -0.15) is 0 Å². The normalized spacial score (nSPS) is 11.6. The molecule has 1 heterocycles. The maximum absolute atomic E-state index is 5.94. The van der Waals surface area contributed by atoms with E-state index in [9.17, 15) is 0 Å². The van der Waals surface area contributed by atoms with Crippen LogP contribution in [0.2, 0.25) is 13.3 Å². The first-order valence-electron chi connectivity index (χ1n) is 13.9. The van der Waals surface area contributed by atoms with Gasteiger partial charge in [-0.25, -0.2) is 0 Å². The van der Waals surface area contributed by atoms with Gasteiger partial charge in [-0.3, -0.25) is 0 Å². The Hall–Kier alpha value is -1.03. The molecule has 0 aliphatic carbocycles. The minimum atomic E-state index is -2.38. The van der Waals surface area contributed by atoms with E-state index in [1.165, 1.54) is 83.1 Å². The summed E-state index contributed by atoms with van der Waals surface area (Å²) in [6.45, 7) is 10.1. The van der Waals surface area contributed by atoms with Crippen molar-refractivity contribution in [3.05, 3.63) is 42.6 Å². The average Bonchev–Trinajstić information content (AvgIpc) is 2.86. The van der Waals surface area contributed by atoms with Crippen molar-refractivity contribution in [3.63, 3.8) is 0 Å². The molecule has 2 rings (SSSR count). The van der Waals surface area contributed by atoms with Gasteiger partial charge in [0.15, 0.2) is 0 Å². The Balaban J connectivity index is 2.06. The fourth-order valence-corrected chi connectivity index (χ4v) is 20.5. The standard InChI is InChI=1S/C18H22NO.3C4H9.Sn/c1-2-3-4-5-8-15-20-17-12-10-16(11-13-17)18-9-6-7-14-19-18;3*1-3-4-2;/h6,9-14H,2-5,8,15H2,1H3;3*1,3-4H2,2H3;. The van der Waals surface area contributed by atoms with Crippen LogP contribution in [0.15, 0.2) is 42.6 Å². The molecule has 0 aliphatic rings. The summed E-state index contributed by atoms with van der Waals surface area (Å²) in [6, 6.07) is 13.3. The molecule has 0 radical (unpaired) electrons. The van der Waals surface area contributed by atoms with E-state index in [0.29, 0.717) is 0 Å². The molecule has 184 valence electrons. The summed E-state index contributed by atoms with van der Waals surface area (Å²) in [5, 5.41) is 0. The first-order valence-corrected chi connectivity index (χ1v) is 21.4. The number of ether oxygens (including phenoxy) is 1. The van der Waals surface area contributed by atoms with Crippen molar-refractivity contribution in [3.8, 4) is 17.0 Å². The van der Waals surface area contributed by atoms with E-state index in [4.69, 9.17) is 9.72 Å². The number of nitrogens with zero attached hydrogens (tertiary/aromatic N) is 1. The number of pyridine rings is 1. The molecule has 2 aromatic rings. The van der Waals surface area contributed by atoms with E-state index in [-0.39, 0.29) is 0 Å². The van der Waals surface area contributed by atoms with Crippen LogP contribution in [0.25, 0.3) is 11.3 Å². The molecule has 0 N–H and O–H groups in total. The zero-order valence-corrected chi connectivity index (χ0v) is 24.9. The van der Waals surface area contributed by atoms with Crippen LogP contribution in [0.1, 0.15) is 98.3 Å². The monoisotopic (exact) mass is 559 g/mol. The molecule has 0 saturated carbocycles. The summed E-state index contributed by atoms with van der Waals surface area (Å²) in [7, 11) is 0. The van der Waals surface area contributed by atoms with Gasteiger partial charge in [0.05, 0.1) is 0 Å². The van der Waals surface area contributed by atoms with E-state index in [1.54, 1.807) is 3.58 Å². The number of benzene rings is 1. The van der Waals surface area contributed by atoms with Crippen LogP contribution in [0.3, 0.4) is 0 Å². The van der Waals surface area contributed by atoms with Crippen LogP contribution in [-0.2, 0) is 0 Å². The molecule has 0 amide bonds. The van der Waals surface area contributed by atoms with Gasteiger partial charge >= 0.3 is 183 Å². The van der Waals surface area contributed by atoms with Crippen LogP contribution in [0.5, 0.6) is 5.75 Å². The Labute approximate surface area is 208 Å². The fraction of sp³-hybridized carbons (Fsp3) is 0.633. The second-order valence-corrected chi connectivity index (χ2v) is 23.0. The molecular weight excluding hydrogens is 509 g/mol. The molecule has 0 spiro atoms. The van der Waals surface area contributed by atoms with Gasteiger partial charge in [0.1, 0.15) is 0 Å². The SMILES string of the molecule is CCCCCCCOc1ccc(-c2cc[c]([Sn]([CH2]CCC)([CH2]CCC)[CH2]CCC)cn2)cc1. The van der Waals surface area contributed by atoms with Gasteiger partial charge in [-0.1, -0.05) is 26.2 Å². The predicted octanol–water partition coefficient (Wildman–Crippen LogP) is 9.15. The van der Waals surface area contributed by atoms with E-state index < -0.39 is 18.4 Å². The Morgan fingerprint density at radius 1 is 0.636 bits per heavy atom. The Morgan fingerprint density at radius 3 is 1.73 bits per heavy atom. The number of hydrogen-bond donors (Lipinski definition) is 0. The quantitative estimate of drug-likeness (QED) is 0.134. The third-order valence-corrected chi connectivity index (χ3v) is 22.6. The van der Waals surface area contributed by atoms with Crippen molar-refractivity contribution in [1.82, 2.24) is 4.98 Å². The van der Waals surface area contributed by atoms with Gasteiger partial charge in [0.2, 0.25) is 0 Å². The summed E-state index contributed by atoms with van der Waals surface area (Å²) in [4.78, 5) is 4.98. The van der Waals surface area contributed by atoms with Crippen molar-refractivity contribution in [2.75, 3.05) is 6.61 Å². The molecule has 2 nitrogen and oxygen atoms in total. The molecule has 3 heteroatoms. The van der Waals surface area contributed by atoms with Crippen LogP contribution in [-0.4, -0.2) is 30.0 Å². The van der Waals surface area contributed by atoms with Gasteiger partial charge in [-0.15, -0.1) is 0 Å². The van der Waals surface area contributed by atoms with Crippen LogP contribution in [0, 0.1) is 0 Å². The summed E-state index contributed by atoms with van der Waals surface area (Å²) in [5.41, 5.74) is 2.28. The van der Waals surface area contributed by atoms with E-state index in [0.717, 1.165) is 24.5 Å². The van der Waals surface area contributed by atoms with Crippen molar-refractivity contribution in [2.24, 2.45) is 0 Å². The zero-order chi connectivity index (χ0) is 23.8. The molecule has 1 aromatic heterocycles. The molecule has 0 fully saturated rings. The Kier molecular flexibility index (Phi) is 14.2. The summed E-state index contributed by atoms with van der Waals surface area (Å²) in [6.07, 6.45) is 16.8. The maximum atomic E-state index is 5.94. The molecule has 0 bridgehead atoms. The van der Waals surface area contributed by atoms with Crippen molar-refractivity contribution in [1.29, 1.82) is 0 Å². The number of unbranched alkanes of at least 4 members (excludes halogenated alkanes) is 7. The summed E-state index contributed by atoms with van der Waals surface area (Å²) in [5.74, 6) is 0.972. The minimum absolute atomic E-state index is 0.818. The predicted molar refractivity (Wildman–Crippen MR) is 148 cm³/mol. The van der Waals surface area contributed by atoms with E-state index >= 15 is 0 Å². The van der Waals surface area contributed by atoms with E-state index in [2.05, 4.69) is 70.3 Å². The number of aromatic nitrogens is 1. The molecule has 1 aromatic carbocycles. The molecule has 0 saturated heterocycles. The zero-order valence-electron chi connectivity index (χ0n) is 22.0. The Bertz CT molecular complexity index is 719. The van der Waals surface area contributed by atoms with Crippen molar-refractivity contribution < 1.29 is 4.74 Å². The van der Waals surface area contributed by atoms with Gasteiger partial charge in [0.25, 0.3) is 0 Å². The first-order chi connectivity index (χ1) is 16.2. The first kappa shape index (κ1) is 28.2. The second kappa shape index (κ2) is 16.6. The Morgan fingerprint density at radius 2 is 1.21 bits per heavy atom. The summed E-state index contributed by atoms with van der Waals surface area (Å²) >= 11 is -2.38. The van der Waals surface area contributed by atoms with Gasteiger partial charge < -0.3 is 0 Å². The van der Waals surface area contributed by atoms with Crippen LogP contribution >= 0.6 is 0 Å². The third-order valence-electron chi connectivity index (χ3n) is 7.07. The molecule has 0 aliphatic heterocycles. The van der Waals surface area contributed by atoms with E-state index in [1.807, 2.05) is 0 Å². The van der Waals surface area contributed by atoms with Crippen LogP contribution < -0.4 is 8.32 Å². The molecule has 0 unspecified atom stereocenters.